The van der Waals surface area contributed by atoms with Crippen molar-refractivity contribution in [3.05, 3.63) is 70.6 Å². The fourth-order valence-electron chi connectivity index (χ4n) is 1.82. The maximum atomic E-state index is 12.5. The number of nitrogens with zero attached hydrogens (tertiary/aromatic N) is 1. The molecule has 0 fully saturated rings. The maximum absolute atomic E-state index is 12.5. The Balaban J connectivity index is 2.49. The first kappa shape index (κ1) is 13.3. The highest BCUT2D eigenvalue weighted by molar-refractivity contribution is 7.91. The van der Waals surface area contributed by atoms with Crippen LogP contribution in [-0.4, -0.2) is 8.42 Å². The van der Waals surface area contributed by atoms with Gasteiger partial charge in [0.2, 0.25) is 0 Å². The predicted molar refractivity (Wildman–Crippen MR) is 75.9 cm³/mol. The van der Waals surface area contributed by atoms with Gasteiger partial charge in [-0.2, -0.15) is 0 Å². The number of hydrogen-bond acceptors (Lipinski definition) is 2. The van der Waals surface area contributed by atoms with Crippen LogP contribution in [0.15, 0.2) is 59.5 Å². The molecule has 2 aromatic rings. The largest absolute Gasteiger partial charge is 0.397 e. The van der Waals surface area contributed by atoms with Crippen molar-refractivity contribution in [2.75, 3.05) is 0 Å². The molecule has 0 saturated carbocycles. The van der Waals surface area contributed by atoms with Crippen molar-refractivity contribution in [3.63, 3.8) is 0 Å². The van der Waals surface area contributed by atoms with E-state index < -0.39 is 15.2 Å². The van der Waals surface area contributed by atoms with Crippen molar-refractivity contribution >= 4 is 9.84 Å². The molecular weight excluding hydrogens is 258 g/mol. The second kappa shape index (κ2) is 5.25. The molecule has 0 spiro atoms. The van der Waals surface area contributed by atoms with E-state index in [1.165, 1.54) is 0 Å². The molecule has 19 heavy (non-hydrogen) atoms. The van der Waals surface area contributed by atoms with E-state index in [0.29, 0.717) is 5.56 Å². The summed E-state index contributed by atoms with van der Waals surface area (Å²) in [5.41, 5.74) is 1.56. The van der Waals surface area contributed by atoms with Gasteiger partial charge in [0, 0.05) is 0 Å². The van der Waals surface area contributed by atoms with E-state index in [2.05, 4.69) is 4.85 Å². The Labute approximate surface area is 113 Å². The topological polar surface area (TPSA) is 38.5 Å². The molecular formula is C15H14NO2S+. The standard InChI is InChI=1S/C15H14NO2S/c1-12-8-10-14(11-9-12)19(17,18)15(16-2)13-6-4-3-5-7-13/h2-11,15H,1H3/q+1. The van der Waals surface area contributed by atoms with Gasteiger partial charge in [0.1, 0.15) is 0 Å². The van der Waals surface area contributed by atoms with Crippen LogP contribution in [0.3, 0.4) is 0 Å². The molecule has 0 aromatic heterocycles. The van der Waals surface area contributed by atoms with E-state index in [0.717, 1.165) is 5.56 Å². The summed E-state index contributed by atoms with van der Waals surface area (Å²) >= 11 is 0. The molecule has 2 aromatic carbocycles. The zero-order chi connectivity index (χ0) is 13.9. The molecule has 4 heteroatoms. The molecule has 0 aliphatic rings. The van der Waals surface area contributed by atoms with Gasteiger partial charge in [0.25, 0.3) is 16.4 Å². The highest BCUT2D eigenvalue weighted by Crippen LogP contribution is 2.30. The number of rotatable bonds is 3. The van der Waals surface area contributed by atoms with Gasteiger partial charge >= 0.3 is 5.37 Å². The predicted octanol–water partition coefficient (Wildman–Crippen LogP) is 3.43. The third kappa shape index (κ3) is 2.67. The highest BCUT2D eigenvalue weighted by atomic mass is 32.2. The normalized spacial score (nSPS) is 12.6. The second-order valence-electron chi connectivity index (χ2n) is 4.27. The summed E-state index contributed by atoms with van der Waals surface area (Å²) in [4.78, 5) is 3.76. The summed E-state index contributed by atoms with van der Waals surface area (Å²) in [5.74, 6) is 0. The molecule has 0 bridgehead atoms. The van der Waals surface area contributed by atoms with Crippen molar-refractivity contribution in [1.82, 2.24) is 0 Å². The van der Waals surface area contributed by atoms with Crippen LogP contribution in [0, 0.1) is 13.5 Å². The van der Waals surface area contributed by atoms with E-state index in [1.807, 2.05) is 13.0 Å². The first-order valence-corrected chi connectivity index (χ1v) is 7.36. The molecule has 0 aliphatic carbocycles. The van der Waals surface area contributed by atoms with Crippen LogP contribution in [0.4, 0.5) is 0 Å². The minimum absolute atomic E-state index is 0.223. The van der Waals surface area contributed by atoms with Gasteiger partial charge in [0.15, 0.2) is 0 Å². The Morgan fingerprint density at radius 2 is 1.58 bits per heavy atom. The third-order valence-corrected chi connectivity index (χ3v) is 4.77. The van der Waals surface area contributed by atoms with Crippen LogP contribution in [0.2, 0.25) is 0 Å². The number of sulfone groups is 1. The molecule has 2 rings (SSSR count). The van der Waals surface area contributed by atoms with E-state index in [1.54, 1.807) is 48.5 Å². The van der Waals surface area contributed by atoms with Crippen LogP contribution in [-0.2, 0) is 9.84 Å². The molecule has 0 aliphatic heterocycles. The Hall–Kier alpha value is -2.12. The lowest BCUT2D eigenvalue weighted by Gasteiger charge is -2.05. The van der Waals surface area contributed by atoms with Crippen molar-refractivity contribution in [1.29, 1.82) is 0 Å². The first-order valence-electron chi connectivity index (χ1n) is 5.81. The van der Waals surface area contributed by atoms with Crippen LogP contribution >= 0.6 is 0 Å². The molecule has 0 saturated heterocycles. The molecule has 1 unspecified atom stereocenters. The van der Waals surface area contributed by atoms with Gasteiger partial charge < -0.3 is 0 Å². The van der Waals surface area contributed by atoms with Crippen molar-refractivity contribution in [2.24, 2.45) is 0 Å². The van der Waals surface area contributed by atoms with E-state index in [9.17, 15) is 8.42 Å². The monoisotopic (exact) mass is 272 g/mol. The van der Waals surface area contributed by atoms with Gasteiger partial charge in [-0.25, -0.2) is 8.42 Å². The zero-order valence-corrected chi connectivity index (χ0v) is 11.3. The lowest BCUT2D eigenvalue weighted by atomic mass is 10.2. The smallest absolute Gasteiger partial charge is 0.215 e. The van der Waals surface area contributed by atoms with Crippen LogP contribution in [0.5, 0.6) is 0 Å². The van der Waals surface area contributed by atoms with E-state index >= 15 is 0 Å². The summed E-state index contributed by atoms with van der Waals surface area (Å²) in [6, 6.07) is 15.4. The summed E-state index contributed by atoms with van der Waals surface area (Å²) < 4.78 is 25.0. The van der Waals surface area contributed by atoms with Gasteiger partial charge in [-0.1, -0.05) is 40.7 Å². The fourth-order valence-corrected chi connectivity index (χ4v) is 3.27. The molecule has 3 nitrogen and oxygen atoms in total. The average molecular weight is 272 g/mol. The van der Waals surface area contributed by atoms with Crippen molar-refractivity contribution in [3.8, 4) is 6.57 Å². The van der Waals surface area contributed by atoms with Gasteiger partial charge in [-0.05, 0) is 31.2 Å². The van der Waals surface area contributed by atoms with Crippen LogP contribution in [0.25, 0.3) is 4.85 Å². The lowest BCUT2D eigenvalue weighted by molar-refractivity contribution is 0.590. The molecule has 0 amide bonds. The SMILES string of the molecule is C#[N+]C(c1ccccc1)S(=O)(=O)c1ccc(C)cc1. The Morgan fingerprint density at radius 3 is 2.11 bits per heavy atom. The van der Waals surface area contributed by atoms with E-state index in [4.69, 9.17) is 6.57 Å². The Morgan fingerprint density at radius 1 is 1.00 bits per heavy atom. The van der Waals surface area contributed by atoms with E-state index in [-0.39, 0.29) is 4.90 Å². The van der Waals surface area contributed by atoms with Crippen LogP contribution < -0.4 is 0 Å². The zero-order valence-electron chi connectivity index (χ0n) is 10.5. The highest BCUT2D eigenvalue weighted by Gasteiger charge is 2.37. The third-order valence-electron chi connectivity index (χ3n) is 2.86. The number of benzene rings is 2. The number of hydrogen-bond donors (Lipinski definition) is 0. The quantitative estimate of drug-likeness (QED) is 0.858. The fraction of sp³-hybridized carbons (Fsp3) is 0.133. The molecule has 96 valence electrons. The van der Waals surface area contributed by atoms with Crippen LogP contribution in [0.1, 0.15) is 16.5 Å². The van der Waals surface area contributed by atoms with Gasteiger partial charge in [-0.3, -0.25) is 0 Å². The summed E-state index contributed by atoms with van der Waals surface area (Å²) in [6.07, 6.45) is 0. The second-order valence-corrected chi connectivity index (χ2v) is 6.28. The lowest BCUT2D eigenvalue weighted by Crippen LogP contribution is -2.10. The molecule has 1 atom stereocenters. The maximum Gasteiger partial charge on any atom is 0.397 e. The van der Waals surface area contributed by atoms with Gasteiger partial charge in [-0.15, -0.1) is 0 Å². The van der Waals surface area contributed by atoms with Crippen molar-refractivity contribution in [2.45, 2.75) is 17.2 Å². The molecule has 0 radical (unpaired) electrons. The minimum Gasteiger partial charge on any atom is -0.215 e. The molecule has 0 N–H and O–H groups in total. The minimum atomic E-state index is -3.61. The number of aryl methyl sites for hydroxylation is 1. The summed E-state index contributed by atoms with van der Waals surface area (Å²) in [5, 5.41) is -1.07. The van der Waals surface area contributed by atoms with Gasteiger partial charge in [0.05, 0.1) is 10.5 Å². The Kier molecular flexibility index (Phi) is 3.68. The summed E-state index contributed by atoms with van der Waals surface area (Å²) in [6.45, 7) is 7.21. The van der Waals surface area contributed by atoms with Crippen molar-refractivity contribution < 1.29 is 8.42 Å². The molecule has 0 heterocycles. The first-order chi connectivity index (χ1) is 9.05. The summed E-state index contributed by atoms with van der Waals surface area (Å²) in [7, 11) is -3.61. The average Bonchev–Trinajstić information content (AvgIpc) is 2.41. The Bertz CT molecular complexity index is 698.